The number of imide groups is 1. The lowest BCUT2D eigenvalue weighted by atomic mass is 9.44. The molecule has 2 heterocycles. The zero-order valence-corrected chi connectivity index (χ0v) is 27.7. The number of ether oxygens (including phenoxy) is 2. The molecule has 3 saturated carbocycles. The Kier molecular flexibility index (Phi) is 8.70. The van der Waals surface area contributed by atoms with Crippen molar-refractivity contribution in [1.29, 1.82) is 0 Å². The van der Waals surface area contributed by atoms with E-state index in [1.165, 1.54) is 24.2 Å². The first kappa shape index (κ1) is 32.2. The van der Waals surface area contributed by atoms with Crippen LogP contribution in [0.25, 0.3) is 0 Å². The summed E-state index contributed by atoms with van der Waals surface area (Å²) in [5, 5.41) is 11.8. The van der Waals surface area contributed by atoms with E-state index in [1.807, 2.05) is 19.1 Å². The van der Waals surface area contributed by atoms with Crippen molar-refractivity contribution in [2.45, 2.75) is 97.7 Å². The normalized spacial score (nSPS) is 38.5. The first-order valence-corrected chi connectivity index (χ1v) is 17.3. The number of amides is 2. The van der Waals surface area contributed by atoms with Crippen LogP contribution in [0.15, 0.2) is 30.9 Å². The summed E-state index contributed by atoms with van der Waals surface area (Å²) >= 11 is 0. The molecule has 3 aliphatic carbocycles. The fourth-order valence-electron chi connectivity index (χ4n) is 9.89. The largest absolute Gasteiger partial charge is 0.492 e. The summed E-state index contributed by atoms with van der Waals surface area (Å²) < 4.78 is 12.4. The molecule has 5 aliphatic rings. The highest BCUT2D eigenvalue weighted by molar-refractivity contribution is 6.05. The Morgan fingerprint density at radius 1 is 1.09 bits per heavy atom. The number of rotatable bonds is 6. The Balaban J connectivity index is 1.21. The third kappa shape index (κ3) is 5.34. The van der Waals surface area contributed by atoms with Gasteiger partial charge in [0, 0.05) is 41.8 Å². The first-order valence-electron chi connectivity index (χ1n) is 17.3. The summed E-state index contributed by atoms with van der Waals surface area (Å²) in [7, 11) is 0. The van der Waals surface area contributed by atoms with E-state index in [0.717, 1.165) is 50.2 Å². The molecule has 246 valence electrons. The number of piperidine rings is 1. The predicted octanol–water partition coefficient (Wildman–Crippen LogP) is 6.05. The topological polar surface area (TPSA) is 96.4 Å². The van der Waals surface area contributed by atoms with Crippen LogP contribution in [0.1, 0.15) is 95.0 Å². The number of aliphatic hydroxyl groups is 1. The minimum absolute atomic E-state index is 0.0979. The molecule has 1 N–H and O–H groups in total. The van der Waals surface area contributed by atoms with Crippen LogP contribution in [-0.2, 0) is 16.0 Å². The van der Waals surface area contributed by atoms with Crippen LogP contribution in [0, 0.1) is 34.0 Å². The average molecular weight is 621 g/mol. The van der Waals surface area contributed by atoms with Gasteiger partial charge in [0.15, 0.2) is 0 Å². The molecule has 0 unspecified atom stereocenters. The highest BCUT2D eigenvalue weighted by atomic mass is 16.6. The number of hydrogen-bond donors (Lipinski definition) is 1. The number of aliphatic hydroxyl groups excluding tert-OH is 1. The zero-order valence-electron chi connectivity index (χ0n) is 27.7. The molecule has 0 radical (unpaired) electrons. The molecule has 1 aromatic carbocycles. The molecule has 45 heavy (non-hydrogen) atoms. The Morgan fingerprint density at radius 2 is 1.84 bits per heavy atom. The maximum Gasteiger partial charge on any atom is 0.417 e. The standard InChI is InChI=1S/C37H52N2O6/c1-6-35(4)23-30(36(5)24(2)12-15-37(25(3)32(35)41)16-13-29(40)31(36)37)45-34(43)39-19-14-26-22-27(10-11-28(26)33(39)42)44-21-20-38-17-8-7-9-18-38/h6,10-11,22,24-25,30-32,41H,1,7-9,12-21,23H2,2-5H3/t24-,25+,30-,31+,32+,35-,36+,37+/m1/s1. The molecule has 2 bridgehead atoms. The lowest BCUT2D eigenvalue weighted by Gasteiger charge is -2.61. The molecule has 8 heteroatoms. The van der Waals surface area contributed by atoms with Gasteiger partial charge in [-0.25, -0.2) is 9.69 Å². The lowest BCUT2D eigenvalue weighted by Crippen LogP contribution is -2.63. The number of benzene rings is 1. The summed E-state index contributed by atoms with van der Waals surface area (Å²) in [6.07, 6.45) is 7.36. The summed E-state index contributed by atoms with van der Waals surface area (Å²) in [6, 6.07) is 5.49. The van der Waals surface area contributed by atoms with Gasteiger partial charge in [0.05, 0.1) is 6.10 Å². The van der Waals surface area contributed by atoms with Crippen molar-refractivity contribution in [1.82, 2.24) is 9.80 Å². The Hall–Kier alpha value is -2.71. The van der Waals surface area contributed by atoms with Gasteiger partial charge in [-0.05, 0) is 99.0 Å². The molecule has 8 atom stereocenters. The number of Topliss-reactive ketones (excluding diaryl/α,β-unsaturated/α-hetero) is 1. The number of nitrogens with zero attached hydrogens (tertiary/aromatic N) is 2. The van der Waals surface area contributed by atoms with E-state index in [9.17, 15) is 19.5 Å². The number of carbonyl (C=O) groups is 3. The molecular formula is C37H52N2O6. The van der Waals surface area contributed by atoms with E-state index in [2.05, 4.69) is 32.3 Å². The van der Waals surface area contributed by atoms with Gasteiger partial charge in [-0.2, -0.15) is 0 Å². The summed E-state index contributed by atoms with van der Waals surface area (Å²) in [4.78, 5) is 45.0. The van der Waals surface area contributed by atoms with Crippen LogP contribution < -0.4 is 4.74 Å². The van der Waals surface area contributed by atoms with Gasteiger partial charge in [0.1, 0.15) is 24.2 Å². The van der Waals surface area contributed by atoms with Gasteiger partial charge < -0.3 is 14.6 Å². The minimum atomic E-state index is -0.734. The molecule has 0 spiro atoms. The molecule has 2 aliphatic heterocycles. The van der Waals surface area contributed by atoms with Crippen molar-refractivity contribution in [2.24, 2.45) is 34.0 Å². The molecule has 1 saturated heterocycles. The van der Waals surface area contributed by atoms with Gasteiger partial charge in [0.25, 0.3) is 5.91 Å². The maximum absolute atomic E-state index is 14.0. The SMILES string of the molecule is C=C[C@]1(C)C[C@@H](OC(=O)N2CCc3cc(OCCN4CCCCC4)ccc3C2=O)[C@]2(C)[C@H](C)CC[C@]3(CCC(=O)[C@H]32)[C@@H](C)[C@@H]1O. The number of likely N-dealkylation sites (tertiary alicyclic amines) is 1. The highest BCUT2D eigenvalue weighted by Crippen LogP contribution is 2.68. The molecular weight excluding hydrogens is 568 g/mol. The van der Waals surface area contributed by atoms with E-state index in [4.69, 9.17) is 9.47 Å². The smallest absolute Gasteiger partial charge is 0.417 e. The van der Waals surface area contributed by atoms with Crippen LogP contribution in [0.5, 0.6) is 5.75 Å². The Labute approximate surface area is 268 Å². The average Bonchev–Trinajstić information content (AvgIpc) is 3.39. The second-order valence-corrected chi connectivity index (χ2v) is 15.2. The molecule has 2 amide bonds. The molecule has 4 fully saturated rings. The van der Waals surface area contributed by atoms with Crippen LogP contribution >= 0.6 is 0 Å². The van der Waals surface area contributed by atoms with E-state index in [-0.39, 0.29) is 41.4 Å². The third-order valence-corrected chi connectivity index (χ3v) is 13.0. The summed E-state index contributed by atoms with van der Waals surface area (Å²) in [6.45, 7) is 16.4. The van der Waals surface area contributed by atoms with Gasteiger partial charge in [0.2, 0.25) is 0 Å². The van der Waals surface area contributed by atoms with Crippen LogP contribution in [-0.4, -0.2) is 77.7 Å². The van der Waals surface area contributed by atoms with Crippen molar-refractivity contribution in [3.8, 4) is 5.75 Å². The number of carbonyl (C=O) groups excluding carboxylic acids is 3. The van der Waals surface area contributed by atoms with E-state index in [1.54, 1.807) is 12.1 Å². The van der Waals surface area contributed by atoms with Crippen molar-refractivity contribution >= 4 is 17.8 Å². The van der Waals surface area contributed by atoms with Crippen LogP contribution in [0.4, 0.5) is 4.79 Å². The number of hydrogen-bond acceptors (Lipinski definition) is 7. The van der Waals surface area contributed by atoms with Crippen molar-refractivity contribution in [3.05, 3.63) is 42.0 Å². The number of ketones is 1. The minimum Gasteiger partial charge on any atom is -0.492 e. The van der Waals surface area contributed by atoms with Gasteiger partial charge in [-0.15, -0.1) is 6.58 Å². The monoisotopic (exact) mass is 620 g/mol. The van der Waals surface area contributed by atoms with Gasteiger partial charge in [-0.1, -0.05) is 40.2 Å². The molecule has 6 rings (SSSR count). The van der Waals surface area contributed by atoms with Crippen LogP contribution in [0.3, 0.4) is 0 Å². The third-order valence-electron chi connectivity index (χ3n) is 13.0. The molecule has 8 nitrogen and oxygen atoms in total. The first-order chi connectivity index (χ1) is 21.4. The fraction of sp³-hybridized carbons (Fsp3) is 0.703. The lowest BCUT2D eigenvalue weighted by molar-refractivity contribution is -0.192. The predicted molar refractivity (Wildman–Crippen MR) is 172 cm³/mol. The number of fused-ring (bicyclic) bond motifs is 1. The maximum atomic E-state index is 14.0. The molecule has 0 aromatic heterocycles. The van der Waals surface area contributed by atoms with E-state index < -0.39 is 29.1 Å². The van der Waals surface area contributed by atoms with Crippen LogP contribution in [0.2, 0.25) is 0 Å². The highest BCUT2D eigenvalue weighted by Gasteiger charge is 2.68. The fourth-order valence-corrected chi connectivity index (χ4v) is 9.89. The van der Waals surface area contributed by atoms with Gasteiger partial charge in [-0.3, -0.25) is 14.5 Å². The van der Waals surface area contributed by atoms with Gasteiger partial charge >= 0.3 is 6.09 Å². The summed E-state index contributed by atoms with van der Waals surface area (Å²) in [5.41, 5.74) is -0.342. The second-order valence-electron chi connectivity index (χ2n) is 15.2. The van der Waals surface area contributed by atoms with E-state index >= 15 is 0 Å². The van der Waals surface area contributed by atoms with Crippen molar-refractivity contribution in [2.75, 3.05) is 32.8 Å². The van der Waals surface area contributed by atoms with E-state index in [0.29, 0.717) is 31.4 Å². The second kappa shape index (κ2) is 12.1. The van der Waals surface area contributed by atoms with Crippen molar-refractivity contribution in [3.63, 3.8) is 0 Å². The van der Waals surface area contributed by atoms with Crippen molar-refractivity contribution < 1.29 is 29.0 Å². The Bertz CT molecular complexity index is 1340. The molecule has 1 aromatic rings. The zero-order chi connectivity index (χ0) is 32.1. The summed E-state index contributed by atoms with van der Waals surface area (Å²) in [5.74, 6) is 0.294. The Morgan fingerprint density at radius 3 is 2.58 bits per heavy atom. The quantitative estimate of drug-likeness (QED) is 0.387.